The Labute approximate surface area is 207 Å². The summed E-state index contributed by atoms with van der Waals surface area (Å²) in [5.74, 6) is 0.101. The number of benzene rings is 3. The molecule has 0 unspecified atom stereocenters. The van der Waals surface area contributed by atoms with Crippen LogP contribution in [0.4, 0.5) is 16.2 Å². The number of likely N-dealkylation sites (tertiary alicyclic amines) is 1. The van der Waals surface area contributed by atoms with E-state index in [0.29, 0.717) is 13.0 Å². The van der Waals surface area contributed by atoms with Gasteiger partial charge in [-0.2, -0.15) is 0 Å². The van der Waals surface area contributed by atoms with Crippen molar-refractivity contribution in [2.24, 2.45) is 0 Å². The van der Waals surface area contributed by atoms with Gasteiger partial charge in [-0.25, -0.2) is 4.79 Å². The number of rotatable bonds is 7. The Bertz CT molecular complexity index is 1120. The van der Waals surface area contributed by atoms with Crippen LogP contribution in [0.1, 0.15) is 24.8 Å². The van der Waals surface area contributed by atoms with Gasteiger partial charge in [-0.1, -0.05) is 66.2 Å². The molecule has 0 radical (unpaired) electrons. The molecule has 4 rings (SSSR count). The standard InChI is InChI=1S/C29H33N3O3/c1-22-12-14-24(15-13-22)31(2)28(33)18-21-32-19-16-25(17-20-32)35-29(34)30-27-11-7-6-10-26(27)23-8-4-3-5-9-23/h3-15,25H,16-21H2,1-2H3,(H,30,34). The summed E-state index contributed by atoms with van der Waals surface area (Å²) in [6.07, 6.45) is 1.43. The fraction of sp³-hybridized carbons (Fsp3) is 0.310. The fourth-order valence-corrected chi connectivity index (χ4v) is 4.34. The van der Waals surface area contributed by atoms with Crippen LogP contribution in [0.5, 0.6) is 0 Å². The largest absolute Gasteiger partial charge is 0.446 e. The van der Waals surface area contributed by atoms with Gasteiger partial charge in [-0.3, -0.25) is 10.1 Å². The van der Waals surface area contributed by atoms with E-state index in [2.05, 4.69) is 10.2 Å². The summed E-state index contributed by atoms with van der Waals surface area (Å²) < 4.78 is 5.71. The molecule has 0 bridgehead atoms. The van der Waals surface area contributed by atoms with Gasteiger partial charge in [0.05, 0.1) is 5.69 Å². The molecule has 0 saturated carbocycles. The highest BCUT2D eigenvalue weighted by Gasteiger charge is 2.23. The van der Waals surface area contributed by atoms with Gasteiger partial charge >= 0.3 is 6.09 Å². The molecule has 35 heavy (non-hydrogen) atoms. The zero-order valence-electron chi connectivity index (χ0n) is 20.4. The Kier molecular flexibility index (Phi) is 8.16. The van der Waals surface area contributed by atoms with Gasteiger partial charge in [0.15, 0.2) is 0 Å². The lowest BCUT2D eigenvalue weighted by Gasteiger charge is -2.31. The Balaban J connectivity index is 1.22. The third-order valence-corrected chi connectivity index (χ3v) is 6.49. The molecule has 1 fully saturated rings. The van der Waals surface area contributed by atoms with Gasteiger partial charge in [0.25, 0.3) is 0 Å². The molecule has 0 atom stereocenters. The second-order valence-corrected chi connectivity index (χ2v) is 9.02. The second-order valence-electron chi connectivity index (χ2n) is 9.02. The molecule has 2 amide bonds. The van der Waals surface area contributed by atoms with Gasteiger partial charge in [-0.15, -0.1) is 0 Å². The molecule has 1 heterocycles. The van der Waals surface area contributed by atoms with Crippen LogP contribution in [0, 0.1) is 6.92 Å². The Morgan fingerprint density at radius 1 is 0.943 bits per heavy atom. The van der Waals surface area contributed by atoms with Gasteiger partial charge in [0.2, 0.25) is 5.91 Å². The van der Waals surface area contributed by atoms with E-state index in [1.54, 1.807) is 4.90 Å². The number of amides is 2. The fourth-order valence-electron chi connectivity index (χ4n) is 4.34. The average Bonchev–Trinajstić information content (AvgIpc) is 2.89. The van der Waals surface area contributed by atoms with Crippen LogP contribution in [-0.4, -0.2) is 49.7 Å². The van der Waals surface area contributed by atoms with Crippen molar-refractivity contribution >= 4 is 23.4 Å². The first kappa shape index (κ1) is 24.5. The zero-order valence-corrected chi connectivity index (χ0v) is 20.4. The summed E-state index contributed by atoms with van der Waals surface area (Å²) in [6, 6.07) is 25.7. The predicted octanol–water partition coefficient (Wildman–Crippen LogP) is 5.73. The summed E-state index contributed by atoms with van der Waals surface area (Å²) in [7, 11) is 1.82. The molecule has 6 heteroatoms. The summed E-state index contributed by atoms with van der Waals surface area (Å²) in [5, 5.41) is 2.91. The molecule has 0 aromatic heterocycles. The first-order valence-corrected chi connectivity index (χ1v) is 12.2. The Hall–Kier alpha value is -3.64. The van der Waals surface area contributed by atoms with Crippen LogP contribution in [-0.2, 0) is 9.53 Å². The lowest BCUT2D eigenvalue weighted by molar-refractivity contribution is -0.118. The number of para-hydroxylation sites is 1. The first-order valence-electron chi connectivity index (χ1n) is 12.2. The molecular weight excluding hydrogens is 438 g/mol. The number of anilines is 2. The smallest absolute Gasteiger partial charge is 0.411 e. The van der Waals surface area contributed by atoms with Crippen molar-refractivity contribution in [2.45, 2.75) is 32.3 Å². The van der Waals surface area contributed by atoms with Crippen molar-refractivity contribution in [1.82, 2.24) is 4.90 Å². The molecular formula is C29H33N3O3. The summed E-state index contributed by atoms with van der Waals surface area (Å²) in [6.45, 7) is 4.35. The van der Waals surface area contributed by atoms with Crippen LogP contribution >= 0.6 is 0 Å². The number of hydrogen-bond donors (Lipinski definition) is 1. The molecule has 182 valence electrons. The minimum absolute atomic E-state index is 0.101. The summed E-state index contributed by atoms with van der Waals surface area (Å²) in [4.78, 5) is 29.2. The number of ether oxygens (including phenoxy) is 1. The van der Waals surface area contributed by atoms with Crippen molar-refractivity contribution in [3.05, 3.63) is 84.4 Å². The van der Waals surface area contributed by atoms with Gasteiger partial charge in [0.1, 0.15) is 6.10 Å². The van der Waals surface area contributed by atoms with E-state index in [1.807, 2.05) is 92.8 Å². The van der Waals surface area contributed by atoms with Crippen LogP contribution < -0.4 is 10.2 Å². The summed E-state index contributed by atoms with van der Waals surface area (Å²) in [5.41, 5.74) is 4.82. The number of nitrogens with zero attached hydrogens (tertiary/aromatic N) is 2. The number of nitrogens with one attached hydrogen (secondary N) is 1. The Morgan fingerprint density at radius 3 is 2.31 bits per heavy atom. The van der Waals surface area contributed by atoms with E-state index >= 15 is 0 Å². The van der Waals surface area contributed by atoms with Crippen molar-refractivity contribution in [3.8, 4) is 11.1 Å². The zero-order chi connectivity index (χ0) is 24.6. The van der Waals surface area contributed by atoms with Gasteiger partial charge in [0, 0.05) is 44.4 Å². The number of aryl methyl sites for hydroxylation is 1. The summed E-state index contributed by atoms with van der Waals surface area (Å²) >= 11 is 0. The topological polar surface area (TPSA) is 61.9 Å². The lowest BCUT2D eigenvalue weighted by Crippen LogP contribution is -2.40. The SMILES string of the molecule is Cc1ccc(N(C)C(=O)CCN2CCC(OC(=O)Nc3ccccc3-c3ccccc3)CC2)cc1. The minimum Gasteiger partial charge on any atom is -0.446 e. The first-order chi connectivity index (χ1) is 17.0. The normalized spacial score (nSPS) is 14.3. The van der Waals surface area contributed by atoms with Crippen molar-refractivity contribution in [1.29, 1.82) is 0 Å². The van der Waals surface area contributed by atoms with Crippen LogP contribution in [0.15, 0.2) is 78.9 Å². The number of carbonyl (C=O) groups is 2. The second kappa shape index (κ2) is 11.7. The van der Waals surface area contributed by atoms with Crippen molar-refractivity contribution in [2.75, 3.05) is 36.9 Å². The number of carbonyl (C=O) groups excluding carboxylic acids is 2. The number of hydrogen-bond acceptors (Lipinski definition) is 4. The molecule has 3 aromatic rings. The maximum absolute atomic E-state index is 12.6. The Morgan fingerprint density at radius 2 is 1.60 bits per heavy atom. The van der Waals surface area contributed by atoms with E-state index < -0.39 is 6.09 Å². The van der Waals surface area contributed by atoms with E-state index in [-0.39, 0.29) is 12.0 Å². The van der Waals surface area contributed by atoms with E-state index in [1.165, 1.54) is 5.56 Å². The molecule has 1 aliphatic rings. The van der Waals surface area contributed by atoms with Crippen LogP contribution in [0.25, 0.3) is 11.1 Å². The molecule has 1 N–H and O–H groups in total. The average molecular weight is 472 g/mol. The maximum atomic E-state index is 12.6. The van der Waals surface area contributed by atoms with Crippen molar-refractivity contribution < 1.29 is 14.3 Å². The van der Waals surface area contributed by atoms with E-state index in [4.69, 9.17) is 4.74 Å². The molecule has 0 aliphatic carbocycles. The van der Waals surface area contributed by atoms with E-state index in [0.717, 1.165) is 48.4 Å². The molecule has 1 aliphatic heterocycles. The third kappa shape index (κ3) is 6.70. The highest BCUT2D eigenvalue weighted by Crippen LogP contribution is 2.28. The number of piperidine rings is 1. The molecule has 3 aromatic carbocycles. The highest BCUT2D eigenvalue weighted by atomic mass is 16.6. The van der Waals surface area contributed by atoms with Crippen molar-refractivity contribution in [3.63, 3.8) is 0 Å². The minimum atomic E-state index is -0.429. The third-order valence-electron chi connectivity index (χ3n) is 6.49. The van der Waals surface area contributed by atoms with Gasteiger partial charge < -0.3 is 14.5 Å². The van der Waals surface area contributed by atoms with Crippen LogP contribution in [0.2, 0.25) is 0 Å². The quantitative estimate of drug-likeness (QED) is 0.478. The lowest BCUT2D eigenvalue weighted by atomic mass is 10.0. The molecule has 6 nitrogen and oxygen atoms in total. The van der Waals surface area contributed by atoms with Crippen LogP contribution in [0.3, 0.4) is 0 Å². The van der Waals surface area contributed by atoms with Gasteiger partial charge in [-0.05, 0) is 43.5 Å². The molecule has 0 spiro atoms. The monoisotopic (exact) mass is 471 g/mol. The van der Waals surface area contributed by atoms with E-state index in [9.17, 15) is 9.59 Å². The maximum Gasteiger partial charge on any atom is 0.411 e. The predicted molar refractivity (Wildman–Crippen MR) is 141 cm³/mol. The highest BCUT2D eigenvalue weighted by molar-refractivity contribution is 5.93. The molecule has 1 saturated heterocycles.